The maximum atomic E-state index is 12.9. The van der Waals surface area contributed by atoms with Crippen LogP contribution in [0.25, 0.3) is 0 Å². The molecule has 3 rings (SSSR count). The molecule has 0 fully saturated rings. The van der Waals surface area contributed by atoms with Gasteiger partial charge >= 0.3 is 0 Å². The van der Waals surface area contributed by atoms with E-state index >= 15 is 0 Å². The molecule has 0 saturated heterocycles. The van der Waals surface area contributed by atoms with Gasteiger partial charge in [0.05, 0.1) is 12.2 Å². The Kier molecular flexibility index (Phi) is 5.80. The predicted molar refractivity (Wildman–Crippen MR) is 103 cm³/mol. The Morgan fingerprint density at radius 2 is 1.96 bits per heavy atom. The molecule has 0 aliphatic carbocycles. The number of benzene rings is 1. The zero-order chi connectivity index (χ0) is 19.2. The Morgan fingerprint density at radius 1 is 1.19 bits per heavy atom. The number of nitrogens with zero attached hydrogens (tertiary/aromatic N) is 4. The fourth-order valence-corrected chi connectivity index (χ4v) is 3.00. The second-order valence-corrected chi connectivity index (χ2v) is 6.45. The van der Waals surface area contributed by atoms with Crippen molar-refractivity contribution in [3.63, 3.8) is 0 Å². The highest BCUT2D eigenvalue weighted by molar-refractivity contribution is 5.95. The summed E-state index contributed by atoms with van der Waals surface area (Å²) in [6, 6.07) is 11.4. The lowest BCUT2D eigenvalue weighted by Crippen LogP contribution is -2.35. The largest absolute Gasteiger partial charge is 0.352 e. The first-order valence-electron chi connectivity index (χ1n) is 8.97. The Morgan fingerprint density at radius 3 is 2.67 bits per heavy atom. The van der Waals surface area contributed by atoms with Gasteiger partial charge in [0, 0.05) is 25.5 Å². The van der Waals surface area contributed by atoms with E-state index in [1.54, 1.807) is 34.8 Å². The summed E-state index contributed by atoms with van der Waals surface area (Å²) < 4.78 is 3.31. The van der Waals surface area contributed by atoms with Gasteiger partial charge in [-0.1, -0.05) is 35.5 Å². The number of aromatic nitrogens is 4. The van der Waals surface area contributed by atoms with E-state index in [1.165, 1.54) is 0 Å². The molecule has 7 nitrogen and oxygen atoms in total. The van der Waals surface area contributed by atoms with Crippen LogP contribution in [0.1, 0.15) is 40.9 Å². The molecule has 1 amide bonds. The molecule has 7 heteroatoms. The number of pyridine rings is 1. The van der Waals surface area contributed by atoms with E-state index in [-0.39, 0.29) is 23.1 Å². The van der Waals surface area contributed by atoms with E-state index in [4.69, 9.17) is 0 Å². The maximum absolute atomic E-state index is 12.9. The summed E-state index contributed by atoms with van der Waals surface area (Å²) in [5.41, 5.74) is 1.61. The lowest BCUT2D eigenvalue weighted by molar-refractivity contribution is 0.0949. The fourth-order valence-electron chi connectivity index (χ4n) is 3.00. The highest BCUT2D eigenvalue weighted by atomic mass is 16.2. The minimum atomic E-state index is -0.342. The quantitative estimate of drug-likeness (QED) is 0.651. The van der Waals surface area contributed by atoms with Crippen molar-refractivity contribution in [3.8, 4) is 0 Å². The van der Waals surface area contributed by atoms with Crippen molar-refractivity contribution in [2.75, 3.05) is 6.54 Å². The molecule has 0 spiro atoms. The standard InChI is InChI=1S/C20H23N5O2/c1-15-9-13-25(16(2)17-7-4-3-5-8-17)20(27)18(15)19(26)21-10-6-12-24-14-11-22-23-24/h3-5,7-9,11,13-14,16H,6,10,12H2,1-2H3,(H,21,26). The molecular formula is C20H23N5O2. The van der Waals surface area contributed by atoms with Crippen molar-refractivity contribution in [1.29, 1.82) is 0 Å². The maximum Gasteiger partial charge on any atom is 0.264 e. The summed E-state index contributed by atoms with van der Waals surface area (Å²) in [6.07, 6.45) is 5.83. The summed E-state index contributed by atoms with van der Waals surface area (Å²) in [4.78, 5) is 25.5. The van der Waals surface area contributed by atoms with Crippen molar-refractivity contribution in [2.24, 2.45) is 0 Å². The lowest BCUT2D eigenvalue weighted by atomic mass is 10.1. The molecule has 2 aromatic heterocycles. The highest BCUT2D eigenvalue weighted by Crippen LogP contribution is 2.16. The van der Waals surface area contributed by atoms with Crippen LogP contribution in [0.5, 0.6) is 0 Å². The van der Waals surface area contributed by atoms with Gasteiger partial charge in [-0.05, 0) is 37.5 Å². The SMILES string of the molecule is Cc1ccn(C(C)c2ccccc2)c(=O)c1C(=O)NCCCn1ccnn1. The van der Waals surface area contributed by atoms with Crippen molar-refractivity contribution >= 4 is 5.91 Å². The highest BCUT2D eigenvalue weighted by Gasteiger charge is 2.18. The number of carbonyl (C=O) groups excluding carboxylic acids is 1. The van der Waals surface area contributed by atoms with Gasteiger partial charge < -0.3 is 9.88 Å². The van der Waals surface area contributed by atoms with Crippen LogP contribution in [0.15, 0.2) is 59.8 Å². The smallest absolute Gasteiger partial charge is 0.264 e. The zero-order valence-corrected chi connectivity index (χ0v) is 15.5. The van der Waals surface area contributed by atoms with Gasteiger partial charge in [-0.25, -0.2) is 0 Å². The van der Waals surface area contributed by atoms with Gasteiger partial charge in [-0.3, -0.25) is 14.3 Å². The van der Waals surface area contributed by atoms with Crippen molar-refractivity contribution in [3.05, 3.63) is 82.0 Å². The van der Waals surface area contributed by atoms with Crippen LogP contribution in [0.2, 0.25) is 0 Å². The molecule has 0 radical (unpaired) electrons. The lowest BCUT2D eigenvalue weighted by Gasteiger charge is -2.17. The molecule has 0 aliphatic rings. The van der Waals surface area contributed by atoms with Crippen LogP contribution in [-0.2, 0) is 6.54 Å². The van der Waals surface area contributed by atoms with E-state index in [9.17, 15) is 9.59 Å². The molecule has 1 unspecified atom stereocenters. The van der Waals surface area contributed by atoms with E-state index < -0.39 is 0 Å². The molecule has 1 aromatic carbocycles. The van der Waals surface area contributed by atoms with Gasteiger partial charge in [0.1, 0.15) is 5.56 Å². The summed E-state index contributed by atoms with van der Waals surface area (Å²) in [5.74, 6) is -0.342. The molecule has 0 aliphatic heterocycles. The molecule has 0 saturated carbocycles. The molecular weight excluding hydrogens is 342 g/mol. The number of aryl methyl sites for hydroxylation is 2. The van der Waals surface area contributed by atoms with Crippen molar-refractivity contribution < 1.29 is 4.79 Å². The number of amides is 1. The van der Waals surface area contributed by atoms with Gasteiger partial charge in [-0.2, -0.15) is 0 Å². The molecule has 27 heavy (non-hydrogen) atoms. The third-order valence-electron chi connectivity index (χ3n) is 4.58. The molecule has 1 N–H and O–H groups in total. The summed E-state index contributed by atoms with van der Waals surface area (Å²) >= 11 is 0. The van der Waals surface area contributed by atoms with E-state index in [2.05, 4.69) is 15.6 Å². The third-order valence-corrected chi connectivity index (χ3v) is 4.58. The van der Waals surface area contributed by atoms with E-state index in [1.807, 2.05) is 43.3 Å². The predicted octanol–water partition coefficient (Wildman–Crippen LogP) is 2.18. The number of carbonyl (C=O) groups is 1. The topological polar surface area (TPSA) is 81.8 Å². The molecule has 3 aromatic rings. The fraction of sp³-hybridized carbons (Fsp3) is 0.300. The van der Waals surface area contributed by atoms with Crippen molar-refractivity contribution in [2.45, 2.75) is 32.9 Å². The first kappa shape index (κ1) is 18.6. The van der Waals surface area contributed by atoms with Gasteiger partial charge in [0.2, 0.25) is 0 Å². The monoisotopic (exact) mass is 365 g/mol. The Bertz CT molecular complexity index is 948. The molecule has 0 bridgehead atoms. The number of rotatable bonds is 7. The van der Waals surface area contributed by atoms with Crippen LogP contribution in [0, 0.1) is 6.92 Å². The number of nitrogens with one attached hydrogen (secondary N) is 1. The van der Waals surface area contributed by atoms with Crippen LogP contribution < -0.4 is 10.9 Å². The first-order chi connectivity index (χ1) is 13.1. The number of hydrogen-bond donors (Lipinski definition) is 1. The second kappa shape index (κ2) is 8.44. The minimum absolute atomic E-state index is 0.154. The van der Waals surface area contributed by atoms with E-state index in [0.717, 1.165) is 5.56 Å². The van der Waals surface area contributed by atoms with Crippen molar-refractivity contribution in [1.82, 2.24) is 24.9 Å². The van der Waals surface area contributed by atoms with Gasteiger partial charge in [-0.15, -0.1) is 5.10 Å². The normalized spacial score (nSPS) is 11.9. The second-order valence-electron chi connectivity index (χ2n) is 6.45. The Labute approximate surface area is 157 Å². The van der Waals surface area contributed by atoms with Crippen LogP contribution in [-0.4, -0.2) is 32.0 Å². The number of hydrogen-bond acceptors (Lipinski definition) is 4. The Balaban J connectivity index is 1.72. The van der Waals surface area contributed by atoms with Gasteiger partial charge in [0.15, 0.2) is 0 Å². The van der Waals surface area contributed by atoms with Crippen LogP contribution in [0.3, 0.4) is 0 Å². The van der Waals surface area contributed by atoms with Gasteiger partial charge in [0.25, 0.3) is 11.5 Å². The average molecular weight is 365 g/mol. The summed E-state index contributed by atoms with van der Waals surface area (Å²) in [6.45, 7) is 4.85. The Hall–Kier alpha value is -3.22. The zero-order valence-electron chi connectivity index (χ0n) is 15.5. The molecule has 2 heterocycles. The average Bonchev–Trinajstić information content (AvgIpc) is 3.19. The molecule has 140 valence electrons. The molecule has 1 atom stereocenters. The van der Waals surface area contributed by atoms with Crippen LogP contribution >= 0.6 is 0 Å². The summed E-state index contributed by atoms with van der Waals surface area (Å²) in [5, 5.41) is 10.5. The third kappa shape index (κ3) is 4.31. The first-order valence-corrected chi connectivity index (χ1v) is 8.97. The minimum Gasteiger partial charge on any atom is -0.352 e. The van der Waals surface area contributed by atoms with Crippen LogP contribution in [0.4, 0.5) is 0 Å². The van der Waals surface area contributed by atoms with E-state index in [0.29, 0.717) is 25.1 Å². The summed E-state index contributed by atoms with van der Waals surface area (Å²) in [7, 11) is 0.